The lowest BCUT2D eigenvalue weighted by Crippen LogP contribution is -2.31. The second-order valence-corrected chi connectivity index (χ2v) is 5.18. The van der Waals surface area contributed by atoms with Crippen LogP contribution in [0.4, 0.5) is 14.5 Å². The highest BCUT2D eigenvalue weighted by Crippen LogP contribution is 2.25. The van der Waals surface area contributed by atoms with Gasteiger partial charge in [0.1, 0.15) is 11.5 Å². The topological polar surface area (TPSA) is 59.6 Å². The van der Waals surface area contributed by atoms with E-state index in [0.29, 0.717) is 18.7 Å². The monoisotopic (exact) mass is 350 g/mol. The standard InChI is InChI=1S/C18H20F2N2O3/c1-24-14-8-6-13(7-9-14)10-11-21-17(23)12-22-15-4-2-3-5-16(15)25-18(19)20/h2-9,18,22H,10-12H2,1H3,(H,21,23). The SMILES string of the molecule is COc1ccc(CCNC(=O)CNc2ccccc2OC(F)F)cc1. The van der Waals surface area contributed by atoms with Crippen LogP contribution < -0.4 is 20.1 Å². The van der Waals surface area contributed by atoms with Gasteiger partial charge in [-0.3, -0.25) is 4.79 Å². The number of amides is 1. The van der Waals surface area contributed by atoms with Crippen LogP contribution in [-0.4, -0.2) is 32.7 Å². The third kappa shape index (κ3) is 6.29. The normalized spacial score (nSPS) is 10.4. The molecule has 0 aliphatic heterocycles. The van der Waals surface area contributed by atoms with Crippen LogP contribution in [0.15, 0.2) is 48.5 Å². The zero-order chi connectivity index (χ0) is 18.1. The van der Waals surface area contributed by atoms with E-state index in [0.717, 1.165) is 11.3 Å². The molecule has 25 heavy (non-hydrogen) atoms. The van der Waals surface area contributed by atoms with E-state index in [9.17, 15) is 13.6 Å². The first-order valence-electron chi connectivity index (χ1n) is 7.76. The zero-order valence-electron chi connectivity index (χ0n) is 13.8. The summed E-state index contributed by atoms with van der Waals surface area (Å²) < 4.78 is 34.2. The number of rotatable bonds is 9. The summed E-state index contributed by atoms with van der Waals surface area (Å²) in [6.07, 6.45) is 0.681. The van der Waals surface area contributed by atoms with E-state index in [-0.39, 0.29) is 18.2 Å². The Morgan fingerprint density at radius 2 is 1.84 bits per heavy atom. The fourth-order valence-corrected chi connectivity index (χ4v) is 2.19. The highest BCUT2D eigenvalue weighted by molar-refractivity contribution is 5.81. The molecule has 2 rings (SSSR count). The summed E-state index contributed by atoms with van der Waals surface area (Å²) in [7, 11) is 1.60. The van der Waals surface area contributed by atoms with Gasteiger partial charge in [0.05, 0.1) is 19.3 Å². The lowest BCUT2D eigenvalue weighted by molar-refractivity contribution is -0.119. The first-order chi connectivity index (χ1) is 12.1. The minimum Gasteiger partial charge on any atom is -0.497 e. The molecule has 0 aliphatic rings. The fraction of sp³-hybridized carbons (Fsp3) is 0.278. The summed E-state index contributed by atoms with van der Waals surface area (Å²) in [6, 6.07) is 13.8. The van der Waals surface area contributed by atoms with Crippen LogP contribution in [0, 0.1) is 0 Å². The van der Waals surface area contributed by atoms with Crippen molar-refractivity contribution in [1.82, 2.24) is 5.32 Å². The van der Waals surface area contributed by atoms with E-state index in [1.54, 1.807) is 25.3 Å². The molecule has 5 nitrogen and oxygen atoms in total. The Balaban J connectivity index is 1.75. The fourth-order valence-electron chi connectivity index (χ4n) is 2.19. The summed E-state index contributed by atoms with van der Waals surface area (Å²) in [6.45, 7) is -2.48. The van der Waals surface area contributed by atoms with Gasteiger partial charge in [0, 0.05) is 6.54 Å². The molecule has 0 saturated carbocycles. The number of para-hydroxylation sites is 2. The molecule has 0 bridgehead atoms. The van der Waals surface area contributed by atoms with Crippen LogP contribution in [0.3, 0.4) is 0 Å². The van der Waals surface area contributed by atoms with Gasteiger partial charge in [0.15, 0.2) is 0 Å². The molecule has 0 heterocycles. The van der Waals surface area contributed by atoms with Crippen LogP contribution in [0.5, 0.6) is 11.5 Å². The lowest BCUT2D eigenvalue weighted by Gasteiger charge is -2.12. The molecule has 2 N–H and O–H groups in total. The Labute approximate surface area is 144 Å². The minimum absolute atomic E-state index is 0.00327. The van der Waals surface area contributed by atoms with Crippen LogP contribution in [0.25, 0.3) is 0 Å². The predicted molar refractivity (Wildman–Crippen MR) is 91.3 cm³/mol. The van der Waals surface area contributed by atoms with Crippen LogP contribution in [0.1, 0.15) is 5.56 Å². The van der Waals surface area contributed by atoms with Gasteiger partial charge in [-0.2, -0.15) is 8.78 Å². The van der Waals surface area contributed by atoms with Gasteiger partial charge in [0.25, 0.3) is 0 Å². The summed E-state index contributed by atoms with van der Waals surface area (Å²) >= 11 is 0. The summed E-state index contributed by atoms with van der Waals surface area (Å²) in [5.41, 5.74) is 1.41. The molecule has 0 atom stereocenters. The predicted octanol–water partition coefficient (Wildman–Crippen LogP) is 3.07. The number of carbonyl (C=O) groups excluding carboxylic acids is 1. The third-order valence-corrected chi connectivity index (χ3v) is 3.44. The number of methoxy groups -OCH3 is 1. The molecule has 0 spiro atoms. The highest BCUT2D eigenvalue weighted by atomic mass is 19.3. The van der Waals surface area contributed by atoms with Crippen molar-refractivity contribution in [3.05, 3.63) is 54.1 Å². The van der Waals surface area contributed by atoms with Crippen molar-refractivity contribution in [2.45, 2.75) is 13.0 Å². The van der Waals surface area contributed by atoms with Crippen LogP contribution >= 0.6 is 0 Å². The quantitative estimate of drug-likeness (QED) is 0.730. The number of alkyl halides is 2. The second-order valence-electron chi connectivity index (χ2n) is 5.18. The summed E-state index contributed by atoms with van der Waals surface area (Å²) in [5, 5.41) is 5.56. The molecule has 2 aromatic carbocycles. The van der Waals surface area contributed by atoms with Gasteiger partial charge in [-0.05, 0) is 36.2 Å². The molecular weight excluding hydrogens is 330 g/mol. The minimum atomic E-state index is -2.92. The average molecular weight is 350 g/mol. The van der Waals surface area contributed by atoms with Crippen LogP contribution in [0.2, 0.25) is 0 Å². The molecule has 134 valence electrons. The maximum absolute atomic E-state index is 12.3. The van der Waals surface area contributed by atoms with Gasteiger partial charge in [-0.15, -0.1) is 0 Å². The molecule has 1 amide bonds. The number of nitrogens with one attached hydrogen (secondary N) is 2. The van der Waals surface area contributed by atoms with Gasteiger partial charge in [0.2, 0.25) is 5.91 Å². The van der Waals surface area contributed by atoms with E-state index >= 15 is 0 Å². The Hall–Kier alpha value is -2.83. The number of anilines is 1. The second kappa shape index (κ2) is 9.46. The van der Waals surface area contributed by atoms with E-state index < -0.39 is 6.61 Å². The van der Waals surface area contributed by atoms with Gasteiger partial charge >= 0.3 is 6.61 Å². The third-order valence-electron chi connectivity index (χ3n) is 3.44. The van der Waals surface area contributed by atoms with Gasteiger partial charge in [-0.25, -0.2) is 0 Å². The number of benzene rings is 2. The number of carbonyl (C=O) groups is 1. The molecule has 0 radical (unpaired) electrons. The number of halogens is 2. The highest BCUT2D eigenvalue weighted by Gasteiger charge is 2.09. The molecule has 0 aliphatic carbocycles. The van der Waals surface area contributed by atoms with E-state index in [1.807, 2.05) is 24.3 Å². The summed E-state index contributed by atoms with van der Waals surface area (Å²) in [4.78, 5) is 11.9. The van der Waals surface area contributed by atoms with E-state index in [4.69, 9.17) is 4.74 Å². The van der Waals surface area contributed by atoms with Crippen molar-refractivity contribution in [2.24, 2.45) is 0 Å². The van der Waals surface area contributed by atoms with Crippen molar-refractivity contribution >= 4 is 11.6 Å². The number of hydrogen-bond donors (Lipinski definition) is 2. The van der Waals surface area contributed by atoms with E-state index in [1.165, 1.54) is 6.07 Å². The molecule has 0 fully saturated rings. The van der Waals surface area contributed by atoms with Crippen LogP contribution in [-0.2, 0) is 11.2 Å². The first kappa shape index (κ1) is 18.5. The van der Waals surface area contributed by atoms with E-state index in [2.05, 4.69) is 15.4 Å². The average Bonchev–Trinajstić information content (AvgIpc) is 2.61. The molecule has 2 aromatic rings. The Kier molecular flexibility index (Phi) is 7.00. The lowest BCUT2D eigenvalue weighted by atomic mass is 10.1. The summed E-state index contributed by atoms with van der Waals surface area (Å²) in [5.74, 6) is 0.547. The Morgan fingerprint density at radius 3 is 2.52 bits per heavy atom. The van der Waals surface area contributed by atoms with Crippen molar-refractivity contribution in [3.8, 4) is 11.5 Å². The zero-order valence-corrected chi connectivity index (χ0v) is 13.8. The van der Waals surface area contributed by atoms with Gasteiger partial charge < -0.3 is 20.1 Å². The molecule has 7 heteroatoms. The molecule has 0 saturated heterocycles. The number of hydrogen-bond acceptors (Lipinski definition) is 4. The molecule has 0 unspecified atom stereocenters. The largest absolute Gasteiger partial charge is 0.497 e. The maximum Gasteiger partial charge on any atom is 0.387 e. The van der Waals surface area contributed by atoms with Crippen molar-refractivity contribution in [1.29, 1.82) is 0 Å². The Morgan fingerprint density at radius 1 is 1.12 bits per heavy atom. The Bertz CT molecular complexity index is 678. The van der Waals surface area contributed by atoms with Crippen molar-refractivity contribution < 1.29 is 23.0 Å². The van der Waals surface area contributed by atoms with Crippen molar-refractivity contribution in [2.75, 3.05) is 25.5 Å². The van der Waals surface area contributed by atoms with Gasteiger partial charge in [-0.1, -0.05) is 24.3 Å². The maximum atomic E-state index is 12.3. The smallest absolute Gasteiger partial charge is 0.387 e. The number of ether oxygens (including phenoxy) is 2. The molecular formula is C18H20F2N2O3. The van der Waals surface area contributed by atoms with Crippen molar-refractivity contribution in [3.63, 3.8) is 0 Å². The molecule has 0 aromatic heterocycles. The first-order valence-corrected chi connectivity index (χ1v) is 7.76.